The van der Waals surface area contributed by atoms with Gasteiger partial charge in [0.05, 0.1) is 42.2 Å². The molecule has 8 N–H and O–H groups in total. The summed E-state index contributed by atoms with van der Waals surface area (Å²) in [5.41, 5.74) is 2.68. The molecule has 29 heteroatoms. The monoisotopic (exact) mass is 1220 g/mol. The molecule has 10 bridgehead atoms. The van der Waals surface area contributed by atoms with Crippen LogP contribution in [0.2, 0.25) is 0 Å². The van der Waals surface area contributed by atoms with Crippen LogP contribution in [-0.4, -0.2) is 107 Å². The van der Waals surface area contributed by atoms with E-state index >= 15 is 0 Å². The van der Waals surface area contributed by atoms with Gasteiger partial charge < -0.3 is 46.9 Å². The fraction of sp³-hybridized carbons (Fsp3) is 0.321. The third kappa shape index (κ3) is 14.0. The highest BCUT2D eigenvalue weighted by Gasteiger charge is 2.33. The molecule has 7 aromatic heterocycles. The average molecular weight is 1220 g/mol. The number of carboxylic acids is 1. The number of hydrogen-bond acceptors (Lipinski definition) is 22. The predicted molar refractivity (Wildman–Crippen MR) is 312 cm³/mol. The van der Waals surface area contributed by atoms with Crippen LogP contribution < -0.4 is 31.9 Å². The van der Waals surface area contributed by atoms with Gasteiger partial charge in [0, 0.05) is 59.0 Å². The second kappa shape index (κ2) is 26.5. The molecule has 9 rings (SSSR count). The van der Waals surface area contributed by atoms with Crippen molar-refractivity contribution in [3.63, 3.8) is 0 Å². The number of aliphatic hydroxyl groups excluding tert-OH is 1. The molecule has 0 radical (unpaired) electrons. The Bertz CT molecular complexity index is 3660. The normalized spacial score (nSPS) is 16.4. The Kier molecular flexibility index (Phi) is 19.1. The van der Waals surface area contributed by atoms with Gasteiger partial charge in [-0.15, -0.1) is 68.0 Å². The summed E-state index contributed by atoms with van der Waals surface area (Å²) in [6.45, 7) is 4.95. The summed E-state index contributed by atoms with van der Waals surface area (Å²) in [5, 5.41) is 46.8. The molecule has 1 aromatic carbocycles. The maximum Gasteiger partial charge on any atom is 0.303 e. The van der Waals surface area contributed by atoms with E-state index in [9.17, 15) is 38.7 Å². The van der Waals surface area contributed by atoms with Gasteiger partial charge in [0.15, 0.2) is 0 Å². The molecule has 0 unspecified atom stereocenters. The number of ether oxygens (including phenoxy) is 1. The molecule has 0 fully saturated rings. The number of pyridine rings is 1. The van der Waals surface area contributed by atoms with Gasteiger partial charge in [-0.1, -0.05) is 44.2 Å². The molecule has 6 amide bonds. The van der Waals surface area contributed by atoms with Crippen molar-refractivity contribution >= 4 is 115 Å². The first-order chi connectivity index (χ1) is 39.5. The number of benzene rings is 1. The molecule has 23 nitrogen and oxygen atoms in total. The van der Waals surface area contributed by atoms with E-state index in [1.54, 1.807) is 70.9 Å². The molecule has 0 saturated heterocycles. The first kappa shape index (κ1) is 59.0. The zero-order chi connectivity index (χ0) is 58.2. The number of unbranched alkanes of at least 4 members (excludes halogenated alkanes) is 1. The number of fused-ring (bicyclic) bond motifs is 14. The van der Waals surface area contributed by atoms with Gasteiger partial charge in [0.2, 0.25) is 17.7 Å². The Hall–Kier alpha value is -7.64. The number of nitrogens with zero attached hydrogens (tertiary/aromatic N) is 7. The highest BCUT2D eigenvalue weighted by molar-refractivity contribution is 7.15. The molecular formula is C53H53N13O10S6. The smallest absolute Gasteiger partial charge is 0.303 e. The number of aliphatic hydroxyl groups is 1. The van der Waals surface area contributed by atoms with E-state index in [2.05, 4.69) is 46.9 Å². The standard InChI is InChI=1S/C53H53N13O10S6/c1-24(2)39-53-66-42(33(82-53)19-76-5)46(74)55-18-37(69)63-43(44(72)26-11-7-6-8-12-26)52-60-32(22-79-52)50-58-30(20-78-50)41-27(15-16-28(56-41)49-62-34(23-80-49)61-35(67)13-9-10-14-38(70)71)48-59-31(21-77-48)45(73)57-29(17-36(68)54-4)51-65-40(25(3)81-51)47(75)64-39/h6-8,11-12,15-16,20-24,29,39,43-44,72H,9-10,13-14,17-19H2,1-5H3,(H,54,68)(H,55,74)(H,57,73)(H,61,67)(H,63,69)(H,64,75)(H,70,71)/t29-,39+,43-,44-/m0/s1. The molecular weight excluding hydrogens is 1170 g/mol. The SMILES string of the molecule is CNC(=O)C[C@@H]1NC(=O)c2csc(n2)-c2ccc(-c3nc(NC(=O)CCCCC(=O)O)cs3)nc2-c2csc(n2)-c2csc(n2)[C@H]([C@@H](O)c2ccccc2)NC(=O)CNC(=O)c2nc(sc2COC)[C@@H](C(C)C)NC(=O)c2nc1sc2C. The minimum Gasteiger partial charge on any atom is -0.481 e. The van der Waals surface area contributed by atoms with Gasteiger partial charge in [-0.05, 0) is 43.4 Å². The zero-order valence-electron chi connectivity index (χ0n) is 44.4. The van der Waals surface area contributed by atoms with Crippen molar-refractivity contribution in [1.82, 2.24) is 61.5 Å². The quantitative estimate of drug-likeness (QED) is 0.0480. The number of carbonyl (C=O) groups is 7. The second-order valence-corrected chi connectivity index (χ2v) is 24.6. The van der Waals surface area contributed by atoms with Gasteiger partial charge in [-0.3, -0.25) is 33.6 Å². The van der Waals surface area contributed by atoms with Crippen molar-refractivity contribution in [2.24, 2.45) is 5.92 Å². The van der Waals surface area contributed by atoms with Crippen LogP contribution in [0.15, 0.2) is 64.0 Å². The van der Waals surface area contributed by atoms with Crippen LogP contribution in [-0.2, 0) is 30.5 Å². The van der Waals surface area contributed by atoms with Crippen molar-refractivity contribution in [2.45, 2.75) is 83.7 Å². The lowest BCUT2D eigenvalue weighted by atomic mass is 10.0. The lowest BCUT2D eigenvalue weighted by molar-refractivity contribution is -0.137. The Balaban J connectivity index is 1.11. The molecule has 8 aromatic rings. The zero-order valence-corrected chi connectivity index (χ0v) is 49.3. The number of aliphatic carboxylic acids is 1. The molecule has 1 aliphatic heterocycles. The van der Waals surface area contributed by atoms with Gasteiger partial charge in [0.1, 0.15) is 82.2 Å². The van der Waals surface area contributed by atoms with Crippen LogP contribution in [0.25, 0.3) is 43.4 Å². The number of amides is 6. The Morgan fingerprint density at radius 3 is 2.15 bits per heavy atom. The Morgan fingerprint density at radius 2 is 1.39 bits per heavy atom. The van der Waals surface area contributed by atoms with Crippen molar-refractivity contribution in [3.05, 3.63) is 111 Å². The first-order valence-corrected chi connectivity index (χ1v) is 30.6. The minimum atomic E-state index is -1.28. The van der Waals surface area contributed by atoms with Crippen LogP contribution in [0.3, 0.4) is 0 Å². The highest BCUT2D eigenvalue weighted by atomic mass is 32.1. The Labute approximate surface area is 492 Å². The number of carbonyl (C=O) groups excluding carboxylic acids is 6. The van der Waals surface area contributed by atoms with E-state index in [-0.39, 0.29) is 59.8 Å². The van der Waals surface area contributed by atoms with Crippen LogP contribution in [0.4, 0.5) is 5.82 Å². The van der Waals surface area contributed by atoms with Crippen LogP contribution in [0.5, 0.6) is 0 Å². The summed E-state index contributed by atoms with van der Waals surface area (Å²) in [6, 6.07) is 9.45. The third-order valence-corrected chi connectivity index (χ3v) is 18.3. The maximum absolute atomic E-state index is 14.3. The number of aryl methyl sites for hydroxylation is 1. The highest BCUT2D eigenvalue weighted by Crippen LogP contribution is 2.40. The lowest BCUT2D eigenvalue weighted by Crippen LogP contribution is -2.40. The number of aromatic nitrogens is 7. The predicted octanol–water partition coefficient (Wildman–Crippen LogP) is 7.90. The number of thiazole rings is 6. The number of rotatable bonds is 14. The maximum atomic E-state index is 14.3. The molecule has 0 saturated carbocycles. The van der Waals surface area contributed by atoms with E-state index < -0.39 is 66.3 Å². The number of anilines is 1. The molecule has 82 heavy (non-hydrogen) atoms. The lowest BCUT2D eigenvalue weighted by Gasteiger charge is -2.23. The van der Waals surface area contributed by atoms with Crippen molar-refractivity contribution < 1.29 is 48.5 Å². The second-order valence-electron chi connectivity index (χ2n) is 18.8. The molecule has 426 valence electrons. The summed E-state index contributed by atoms with van der Waals surface area (Å²) >= 11 is 7.15. The fourth-order valence-electron chi connectivity index (χ4n) is 8.41. The van der Waals surface area contributed by atoms with Crippen LogP contribution in [0, 0.1) is 12.8 Å². The van der Waals surface area contributed by atoms with E-state index in [0.29, 0.717) is 87.4 Å². The molecule has 8 heterocycles. The summed E-state index contributed by atoms with van der Waals surface area (Å²) < 4.78 is 5.44. The summed E-state index contributed by atoms with van der Waals surface area (Å²) in [7, 11) is 2.93. The third-order valence-electron chi connectivity index (χ3n) is 12.6. The molecule has 0 spiro atoms. The fourth-order valence-corrected chi connectivity index (χ4v) is 13.9. The van der Waals surface area contributed by atoms with Crippen LogP contribution in [0.1, 0.15) is 132 Å². The number of carboxylic acid groups (broad SMARTS) is 1. The van der Waals surface area contributed by atoms with Crippen molar-refractivity contribution in [1.29, 1.82) is 0 Å². The van der Waals surface area contributed by atoms with Crippen molar-refractivity contribution in [3.8, 4) is 43.4 Å². The van der Waals surface area contributed by atoms with Crippen molar-refractivity contribution in [2.75, 3.05) is 26.0 Å². The molecule has 4 atom stereocenters. The van der Waals surface area contributed by atoms with E-state index in [0.717, 1.165) is 11.3 Å². The summed E-state index contributed by atoms with van der Waals surface area (Å²) in [6.07, 6.45) is -0.679. The largest absolute Gasteiger partial charge is 0.481 e. The van der Waals surface area contributed by atoms with Gasteiger partial charge in [-0.25, -0.2) is 34.9 Å². The average Bonchev–Trinajstić information content (AvgIpc) is 4.45. The Morgan fingerprint density at radius 1 is 0.683 bits per heavy atom. The minimum absolute atomic E-state index is 0.000131. The molecule has 0 aliphatic carbocycles. The van der Waals surface area contributed by atoms with Gasteiger partial charge >= 0.3 is 5.97 Å². The van der Waals surface area contributed by atoms with E-state index in [1.807, 2.05) is 13.8 Å². The van der Waals surface area contributed by atoms with E-state index in [4.69, 9.17) is 29.8 Å². The van der Waals surface area contributed by atoms with Crippen LogP contribution >= 0.6 is 68.0 Å². The summed E-state index contributed by atoms with van der Waals surface area (Å²) in [4.78, 5) is 128. The first-order valence-electron chi connectivity index (χ1n) is 25.4. The van der Waals surface area contributed by atoms with Gasteiger partial charge in [0.25, 0.3) is 17.7 Å². The van der Waals surface area contributed by atoms with Gasteiger partial charge in [-0.2, -0.15) is 0 Å². The van der Waals surface area contributed by atoms with E-state index in [1.165, 1.54) is 70.8 Å². The number of hydrogen-bond donors (Lipinski definition) is 8. The summed E-state index contributed by atoms with van der Waals surface area (Å²) in [5.74, 6) is -4.11. The topological polar surface area (TPSA) is 332 Å². The number of methoxy groups -OCH3 is 1. The number of nitrogens with one attached hydrogen (secondary N) is 6. The molecule has 1 aliphatic rings.